The Labute approximate surface area is 182 Å². The van der Waals surface area contributed by atoms with Crippen molar-refractivity contribution < 1.29 is 18.7 Å². The van der Waals surface area contributed by atoms with Crippen molar-refractivity contribution >= 4 is 11.8 Å². The zero-order valence-electron chi connectivity index (χ0n) is 17.9. The molecule has 4 rings (SSSR count). The Balaban J connectivity index is 1.68. The van der Waals surface area contributed by atoms with Gasteiger partial charge >= 0.3 is 0 Å². The van der Waals surface area contributed by atoms with Crippen molar-refractivity contribution in [3.63, 3.8) is 0 Å². The van der Waals surface area contributed by atoms with E-state index in [0.29, 0.717) is 11.3 Å². The molecule has 0 radical (unpaired) electrons. The number of amides is 2. The van der Waals surface area contributed by atoms with Crippen LogP contribution in [0.1, 0.15) is 55.7 Å². The third kappa shape index (κ3) is 4.58. The first kappa shape index (κ1) is 21.3. The highest BCUT2D eigenvalue weighted by atomic mass is 19.1. The van der Waals surface area contributed by atoms with E-state index >= 15 is 0 Å². The molecule has 0 aromatic heterocycles. The van der Waals surface area contributed by atoms with Crippen LogP contribution >= 0.6 is 0 Å². The molecule has 1 aliphatic carbocycles. The molecule has 2 fully saturated rings. The van der Waals surface area contributed by atoms with Crippen LogP contribution in [0, 0.1) is 5.82 Å². The number of hydrogen-bond donors (Lipinski definition) is 0. The third-order valence-electron chi connectivity index (χ3n) is 6.44. The number of nitrogens with zero attached hydrogens (tertiary/aromatic N) is 2. The van der Waals surface area contributed by atoms with Crippen LogP contribution in [0.4, 0.5) is 4.39 Å². The van der Waals surface area contributed by atoms with E-state index in [1.807, 2.05) is 24.3 Å². The molecule has 1 saturated carbocycles. The van der Waals surface area contributed by atoms with E-state index in [9.17, 15) is 14.0 Å². The van der Waals surface area contributed by atoms with Crippen molar-refractivity contribution in [1.82, 2.24) is 9.80 Å². The van der Waals surface area contributed by atoms with E-state index in [1.165, 1.54) is 25.0 Å². The standard InChI is InChI=1S/C25H29FN2O3/c1-31-22-11-7-6-8-19(22)16-28-23(29)17-27(21-9-4-2-3-5-10-21)25(30)24(28)18-12-14-20(26)15-13-18/h6-8,11-15,21,24H,2-5,9-10,16-17H2,1H3/t24-/m0/s1. The van der Waals surface area contributed by atoms with Crippen molar-refractivity contribution in [2.75, 3.05) is 13.7 Å². The minimum Gasteiger partial charge on any atom is -0.496 e. The van der Waals surface area contributed by atoms with Gasteiger partial charge in [-0.25, -0.2) is 4.39 Å². The molecular formula is C25H29FN2O3. The first-order chi connectivity index (χ1) is 15.1. The normalized spacial score (nSPS) is 20.6. The molecule has 1 atom stereocenters. The Morgan fingerprint density at radius 1 is 0.968 bits per heavy atom. The highest BCUT2D eigenvalue weighted by molar-refractivity contribution is 5.95. The van der Waals surface area contributed by atoms with E-state index in [0.717, 1.165) is 31.2 Å². The second kappa shape index (κ2) is 9.50. The van der Waals surface area contributed by atoms with Crippen LogP contribution in [-0.2, 0) is 16.1 Å². The summed E-state index contributed by atoms with van der Waals surface area (Å²) in [6, 6.07) is 12.7. The number of hydrogen-bond acceptors (Lipinski definition) is 3. The predicted molar refractivity (Wildman–Crippen MR) is 116 cm³/mol. The van der Waals surface area contributed by atoms with Crippen molar-refractivity contribution in [2.45, 2.75) is 57.2 Å². The Kier molecular flexibility index (Phi) is 6.54. The van der Waals surface area contributed by atoms with E-state index < -0.39 is 6.04 Å². The summed E-state index contributed by atoms with van der Waals surface area (Å²) in [6.07, 6.45) is 6.37. The van der Waals surface area contributed by atoms with E-state index in [4.69, 9.17) is 4.74 Å². The molecule has 2 aromatic rings. The number of methoxy groups -OCH3 is 1. The molecule has 1 heterocycles. The maximum Gasteiger partial charge on any atom is 0.250 e. The van der Waals surface area contributed by atoms with Gasteiger partial charge in [0.2, 0.25) is 5.91 Å². The van der Waals surface area contributed by atoms with Crippen LogP contribution in [0.25, 0.3) is 0 Å². The van der Waals surface area contributed by atoms with Crippen LogP contribution in [-0.4, -0.2) is 41.3 Å². The highest BCUT2D eigenvalue weighted by Gasteiger charge is 2.43. The number of ether oxygens (including phenoxy) is 1. The molecule has 31 heavy (non-hydrogen) atoms. The maximum absolute atomic E-state index is 13.7. The molecular weight excluding hydrogens is 395 g/mol. The fourth-order valence-electron chi connectivity index (χ4n) is 4.79. The number of piperazine rings is 1. The summed E-state index contributed by atoms with van der Waals surface area (Å²) in [4.78, 5) is 30.5. The second-order valence-electron chi connectivity index (χ2n) is 8.40. The lowest BCUT2D eigenvalue weighted by molar-refractivity contribution is -0.159. The number of rotatable bonds is 5. The monoisotopic (exact) mass is 424 g/mol. The minimum absolute atomic E-state index is 0.0759. The zero-order chi connectivity index (χ0) is 21.8. The smallest absolute Gasteiger partial charge is 0.250 e. The van der Waals surface area contributed by atoms with Crippen LogP contribution in [0.3, 0.4) is 0 Å². The molecule has 0 N–H and O–H groups in total. The SMILES string of the molecule is COc1ccccc1CN1C(=O)CN(C2CCCCCC2)C(=O)[C@@H]1c1ccc(F)cc1. The number of halogens is 1. The van der Waals surface area contributed by atoms with Gasteiger partial charge in [0.05, 0.1) is 13.7 Å². The Bertz CT molecular complexity index is 923. The van der Waals surface area contributed by atoms with Gasteiger partial charge in [-0.1, -0.05) is 56.0 Å². The van der Waals surface area contributed by atoms with Gasteiger partial charge in [-0.2, -0.15) is 0 Å². The van der Waals surface area contributed by atoms with Gasteiger partial charge in [0, 0.05) is 11.6 Å². The Hall–Kier alpha value is -2.89. The van der Waals surface area contributed by atoms with Crippen LogP contribution < -0.4 is 4.74 Å². The van der Waals surface area contributed by atoms with E-state index in [2.05, 4.69) is 0 Å². The van der Waals surface area contributed by atoms with Crippen molar-refractivity contribution in [3.8, 4) is 5.75 Å². The van der Waals surface area contributed by atoms with Gasteiger partial charge in [0.1, 0.15) is 24.2 Å². The fourth-order valence-corrected chi connectivity index (χ4v) is 4.79. The quantitative estimate of drug-likeness (QED) is 0.666. The summed E-state index contributed by atoms with van der Waals surface area (Å²) in [5.74, 6) is 0.138. The van der Waals surface area contributed by atoms with Gasteiger partial charge < -0.3 is 14.5 Å². The van der Waals surface area contributed by atoms with E-state index in [-0.39, 0.29) is 36.8 Å². The summed E-state index contributed by atoms with van der Waals surface area (Å²) in [6.45, 7) is 0.353. The minimum atomic E-state index is -0.769. The molecule has 2 aromatic carbocycles. The van der Waals surface area contributed by atoms with Crippen LogP contribution in [0.15, 0.2) is 48.5 Å². The van der Waals surface area contributed by atoms with Gasteiger partial charge in [-0.3, -0.25) is 9.59 Å². The average Bonchev–Trinajstić information content (AvgIpc) is 3.07. The molecule has 0 unspecified atom stereocenters. The molecule has 1 saturated heterocycles. The Morgan fingerprint density at radius 3 is 2.32 bits per heavy atom. The molecule has 0 bridgehead atoms. The maximum atomic E-state index is 13.7. The highest BCUT2D eigenvalue weighted by Crippen LogP contribution is 2.34. The molecule has 2 amide bonds. The molecule has 5 nitrogen and oxygen atoms in total. The predicted octanol–water partition coefficient (Wildman–Crippen LogP) is 4.47. The number of carbonyl (C=O) groups excluding carboxylic acids is 2. The van der Waals surface area contributed by atoms with Gasteiger partial charge in [-0.05, 0) is 36.6 Å². The molecule has 1 aliphatic heterocycles. The average molecular weight is 425 g/mol. The molecule has 164 valence electrons. The summed E-state index contributed by atoms with van der Waals surface area (Å²) < 4.78 is 19.0. The lowest BCUT2D eigenvalue weighted by Gasteiger charge is -2.43. The Morgan fingerprint density at radius 2 is 1.65 bits per heavy atom. The van der Waals surface area contributed by atoms with Crippen molar-refractivity contribution in [3.05, 3.63) is 65.5 Å². The number of para-hydroxylation sites is 1. The molecule has 0 spiro atoms. The topological polar surface area (TPSA) is 49.9 Å². The van der Waals surface area contributed by atoms with Gasteiger partial charge in [0.25, 0.3) is 5.91 Å². The van der Waals surface area contributed by atoms with Crippen LogP contribution in [0.5, 0.6) is 5.75 Å². The van der Waals surface area contributed by atoms with E-state index in [1.54, 1.807) is 29.0 Å². The summed E-state index contributed by atoms with van der Waals surface area (Å²) in [5.41, 5.74) is 1.47. The summed E-state index contributed by atoms with van der Waals surface area (Å²) >= 11 is 0. The van der Waals surface area contributed by atoms with Gasteiger partial charge in [0.15, 0.2) is 0 Å². The van der Waals surface area contributed by atoms with Gasteiger partial charge in [-0.15, -0.1) is 0 Å². The molecule has 2 aliphatic rings. The summed E-state index contributed by atoms with van der Waals surface area (Å²) in [5, 5.41) is 0. The first-order valence-corrected chi connectivity index (χ1v) is 11.1. The number of benzene rings is 2. The first-order valence-electron chi connectivity index (χ1n) is 11.1. The summed E-state index contributed by atoms with van der Waals surface area (Å²) in [7, 11) is 1.59. The third-order valence-corrected chi connectivity index (χ3v) is 6.44. The lowest BCUT2D eigenvalue weighted by Crippen LogP contribution is -2.57. The molecule has 6 heteroatoms. The fraction of sp³-hybridized carbons (Fsp3) is 0.440. The van der Waals surface area contributed by atoms with Crippen molar-refractivity contribution in [2.24, 2.45) is 0 Å². The van der Waals surface area contributed by atoms with Crippen LogP contribution in [0.2, 0.25) is 0 Å². The van der Waals surface area contributed by atoms with Crippen molar-refractivity contribution in [1.29, 1.82) is 0 Å². The lowest BCUT2D eigenvalue weighted by atomic mass is 9.97. The number of carbonyl (C=O) groups is 2. The second-order valence-corrected chi connectivity index (χ2v) is 8.40. The zero-order valence-corrected chi connectivity index (χ0v) is 17.9. The largest absolute Gasteiger partial charge is 0.496 e.